The van der Waals surface area contributed by atoms with Crippen LogP contribution in [0.5, 0.6) is 0 Å². The van der Waals surface area contributed by atoms with E-state index in [0.29, 0.717) is 11.4 Å². The van der Waals surface area contributed by atoms with Gasteiger partial charge in [0, 0.05) is 24.9 Å². The fourth-order valence-corrected chi connectivity index (χ4v) is 3.43. The third-order valence-electron chi connectivity index (χ3n) is 4.20. The number of aryl methyl sites for hydroxylation is 2. The lowest BCUT2D eigenvalue weighted by molar-refractivity contribution is -0.304. The maximum Gasteiger partial charge on any atom is 0.332 e. The van der Waals surface area contributed by atoms with E-state index in [2.05, 4.69) is 9.97 Å². The number of carboxylic acid groups (broad SMARTS) is 1. The monoisotopic (exact) mass is 385 g/mol. The molecule has 3 aromatic rings. The van der Waals surface area contributed by atoms with Crippen LogP contribution in [-0.2, 0) is 18.9 Å². The van der Waals surface area contributed by atoms with Crippen LogP contribution in [0.3, 0.4) is 0 Å². The molecule has 9 heteroatoms. The molecular formula is C18H17N4O4S-. The van der Waals surface area contributed by atoms with E-state index < -0.39 is 22.5 Å². The molecule has 0 N–H and O–H groups in total. The molecule has 3 rings (SSSR count). The number of thioether (sulfide) groups is 1. The van der Waals surface area contributed by atoms with Crippen molar-refractivity contribution in [2.45, 2.75) is 24.1 Å². The van der Waals surface area contributed by atoms with Crippen LogP contribution in [0.25, 0.3) is 22.4 Å². The number of carbonyl (C=O) groups excluding carboxylic acids is 1. The molecule has 0 fully saturated rings. The maximum atomic E-state index is 12.7. The Hall–Kier alpha value is -2.94. The molecule has 0 radical (unpaired) electrons. The summed E-state index contributed by atoms with van der Waals surface area (Å²) in [6.45, 7) is 3.40. The fourth-order valence-electron chi connectivity index (χ4n) is 2.56. The van der Waals surface area contributed by atoms with Crippen LogP contribution >= 0.6 is 11.8 Å². The summed E-state index contributed by atoms with van der Waals surface area (Å²) < 4.78 is 2.20. The quantitative estimate of drug-likeness (QED) is 0.467. The Bertz CT molecular complexity index is 1170. The van der Waals surface area contributed by atoms with Crippen LogP contribution in [0.4, 0.5) is 0 Å². The Morgan fingerprint density at radius 2 is 1.74 bits per heavy atom. The normalized spacial score (nSPS) is 12.3. The number of hydrogen-bond acceptors (Lipinski definition) is 7. The number of aromatic nitrogens is 4. The van der Waals surface area contributed by atoms with Gasteiger partial charge in [0.25, 0.3) is 5.56 Å². The van der Waals surface area contributed by atoms with Gasteiger partial charge in [0.1, 0.15) is 10.4 Å². The van der Waals surface area contributed by atoms with Gasteiger partial charge in [-0.15, -0.1) is 0 Å². The molecule has 0 saturated heterocycles. The van der Waals surface area contributed by atoms with Gasteiger partial charge in [-0.05, 0) is 13.8 Å². The van der Waals surface area contributed by atoms with E-state index in [-0.39, 0.29) is 16.1 Å². The minimum absolute atomic E-state index is 0.105. The van der Waals surface area contributed by atoms with Crippen molar-refractivity contribution in [2.75, 3.05) is 0 Å². The Balaban J connectivity index is 2.37. The van der Waals surface area contributed by atoms with E-state index in [9.17, 15) is 19.5 Å². The van der Waals surface area contributed by atoms with E-state index in [1.54, 1.807) is 0 Å². The van der Waals surface area contributed by atoms with Crippen molar-refractivity contribution in [1.29, 1.82) is 0 Å². The summed E-state index contributed by atoms with van der Waals surface area (Å²) in [6.07, 6.45) is 0. The summed E-state index contributed by atoms with van der Waals surface area (Å²) in [5.74, 6) is -0.968. The third kappa shape index (κ3) is 3.37. The topological polar surface area (TPSA) is 110 Å². The zero-order valence-corrected chi connectivity index (χ0v) is 16.0. The highest BCUT2D eigenvalue weighted by Crippen LogP contribution is 2.28. The molecule has 1 atom stereocenters. The van der Waals surface area contributed by atoms with Gasteiger partial charge in [-0.25, -0.2) is 14.8 Å². The second-order valence-electron chi connectivity index (χ2n) is 6.20. The zero-order chi connectivity index (χ0) is 19.9. The second-order valence-corrected chi connectivity index (χ2v) is 7.53. The molecule has 0 bridgehead atoms. The Kier molecular flexibility index (Phi) is 4.88. The minimum Gasteiger partial charge on any atom is -0.549 e. The Morgan fingerprint density at radius 1 is 1.11 bits per heavy atom. The number of aliphatic carboxylic acids is 1. The number of nitrogens with zero attached hydrogens (tertiary/aromatic N) is 4. The van der Waals surface area contributed by atoms with Gasteiger partial charge in [-0.3, -0.25) is 13.9 Å². The molecule has 2 aromatic heterocycles. The molecule has 0 amide bonds. The van der Waals surface area contributed by atoms with Crippen molar-refractivity contribution in [1.82, 2.24) is 19.1 Å². The van der Waals surface area contributed by atoms with E-state index in [1.165, 1.54) is 25.6 Å². The van der Waals surface area contributed by atoms with Crippen molar-refractivity contribution < 1.29 is 9.90 Å². The molecule has 2 heterocycles. The molecule has 0 saturated carbocycles. The highest BCUT2D eigenvalue weighted by Gasteiger charge is 2.20. The number of fused-ring (bicyclic) bond motifs is 1. The summed E-state index contributed by atoms with van der Waals surface area (Å²) in [7, 11) is 2.86. The molecular weight excluding hydrogens is 368 g/mol. The first-order valence-electron chi connectivity index (χ1n) is 8.13. The first-order valence-corrected chi connectivity index (χ1v) is 9.01. The minimum atomic E-state index is -1.27. The number of benzene rings is 1. The predicted molar refractivity (Wildman–Crippen MR) is 101 cm³/mol. The molecule has 140 valence electrons. The van der Waals surface area contributed by atoms with Gasteiger partial charge < -0.3 is 9.90 Å². The van der Waals surface area contributed by atoms with Crippen LogP contribution in [-0.4, -0.2) is 30.3 Å². The van der Waals surface area contributed by atoms with Crippen LogP contribution in [0.1, 0.15) is 12.5 Å². The van der Waals surface area contributed by atoms with Gasteiger partial charge >= 0.3 is 5.69 Å². The van der Waals surface area contributed by atoms with Gasteiger partial charge in [0.2, 0.25) is 0 Å². The summed E-state index contributed by atoms with van der Waals surface area (Å²) in [6, 6.07) is 7.43. The van der Waals surface area contributed by atoms with Crippen LogP contribution < -0.4 is 16.4 Å². The molecule has 0 unspecified atom stereocenters. The lowest BCUT2D eigenvalue weighted by Gasteiger charge is -2.15. The third-order valence-corrected chi connectivity index (χ3v) is 5.26. The van der Waals surface area contributed by atoms with E-state index in [0.717, 1.165) is 21.9 Å². The average molecular weight is 385 g/mol. The van der Waals surface area contributed by atoms with Gasteiger partial charge in [-0.1, -0.05) is 41.6 Å². The summed E-state index contributed by atoms with van der Waals surface area (Å²) in [5, 5.41) is 10.6. The Morgan fingerprint density at radius 3 is 2.33 bits per heavy atom. The Labute approximate surface area is 158 Å². The molecule has 27 heavy (non-hydrogen) atoms. The summed E-state index contributed by atoms with van der Waals surface area (Å²) >= 11 is 0.889. The van der Waals surface area contributed by atoms with E-state index in [4.69, 9.17) is 0 Å². The first-order chi connectivity index (χ1) is 12.7. The van der Waals surface area contributed by atoms with E-state index in [1.807, 2.05) is 31.2 Å². The highest BCUT2D eigenvalue weighted by molar-refractivity contribution is 8.00. The smallest absolute Gasteiger partial charge is 0.332 e. The van der Waals surface area contributed by atoms with Gasteiger partial charge in [0.05, 0.1) is 5.97 Å². The van der Waals surface area contributed by atoms with Gasteiger partial charge in [-0.2, -0.15) is 0 Å². The van der Waals surface area contributed by atoms with Crippen molar-refractivity contribution in [3.63, 3.8) is 0 Å². The molecule has 0 aliphatic carbocycles. The molecule has 0 spiro atoms. The first kappa shape index (κ1) is 18.8. The summed E-state index contributed by atoms with van der Waals surface area (Å²) in [4.78, 5) is 45.0. The number of rotatable bonds is 4. The standard InChI is InChI=1S/C18H18N4O4S/c1-9-5-7-11(8-6-9)13-19-14-12(15(20-13)27-10(2)17(24)25)16(23)22(4)18(26)21(14)3/h5-8,10H,1-4H3,(H,24,25)/p-1/t10-/m1/s1. The molecule has 0 aliphatic rings. The largest absolute Gasteiger partial charge is 0.549 e. The van der Waals surface area contributed by atoms with Crippen LogP contribution in [0, 0.1) is 6.92 Å². The maximum absolute atomic E-state index is 12.7. The SMILES string of the molecule is Cc1ccc(-c2nc(S[C@H](C)C(=O)[O-])c3c(=O)n(C)c(=O)n(C)c3n2)cc1. The predicted octanol–water partition coefficient (Wildman–Crippen LogP) is 0.233. The number of carbonyl (C=O) groups is 1. The molecule has 0 aliphatic heterocycles. The van der Waals surface area contributed by atoms with Gasteiger partial charge in [0.15, 0.2) is 11.5 Å². The van der Waals surface area contributed by atoms with Crippen molar-refractivity contribution >= 4 is 28.8 Å². The van der Waals surface area contributed by atoms with Crippen molar-refractivity contribution in [2.24, 2.45) is 14.1 Å². The van der Waals surface area contributed by atoms with E-state index >= 15 is 0 Å². The van der Waals surface area contributed by atoms with Crippen LogP contribution in [0.15, 0.2) is 38.9 Å². The summed E-state index contributed by atoms with van der Waals surface area (Å²) in [5.41, 5.74) is 0.808. The molecule has 8 nitrogen and oxygen atoms in total. The van der Waals surface area contributed by atoms with Crippen molar-refractivity contribution in [3.8, 4) is 11.4 Å². The zero-order valence-electron chi connectivity index (χ0n) is 15.2. The van der Waals surface area contributed by atoms with Crippen LogP contribution in [0.2, 0.25) is 0 Å². The highest BCUT2D eigenvalue weighted by atomic mass is 32.2. The fraction of sp³-hybridized carbons (Fsp3) is 0.278. The lowest BCUT2D eigenvalue weighted by atomic mass is 10.1. The number of carboxylic acids is 1. The molecule has 1 aromatic carbocycles. The number of hydrogen-bond donors (Lipinski definition) is 0. The second kappa shape index (κ2) is 6.99. The van der Waals surface area contributed by atoms with Crippen molar-refractivity contribution in [3.05, 3.63) is 50.7 Å². The average Bonchev–Trinajstić information content (AvgIpc) is 2.64. The lowest BCUT2D eigenvalue weighted by Crippen LogP contribution is -2.38.